The van der Waals surface area contributed by atoms with Crippen molar-refractivity contribution in [3.05, 3.63) is 5.82 Å². The molecule has 0 aliphatic rings. The molecule has 1 rings (SSSR count). The molecule has 0 saturated carbocycles. The van der Waals surface area contributed by atoms with E-state index in [2.05, 4.69) is 14.7 Å². The summed E-state index contributed by atoms with van der Waals surface area (Å²) in [5, 5.41) is 12.0. The fourth-order valence-corrected chi connectivity index (χ4v) is 1.64. The van der Waals surface area contributed by atoms with E-state index in [1.165, 1.54) is 0 Å². The molecule has 1 heterocycles. The van der Waals surface area contributed by atoms with E-state index in [0.29, 0.717) is 11.0 Å². The molecular formula is C9H15F2N3OS. The molecular weight excluding hydrogens is 236 g/mol. The molecule has 0 bridgehead atoms. The molecule has 1 atom stereocenters. The Bertz CT molecular complexity index is 338. The van der Waals surface area contributed by atoms with Gasteiger partial charge in [0.15, 0.2) is 0 Å². The number of anilines is 1. The Balaban J connectivity index is 2.53. The number of rotatable bonds is 4. The Hall–Kier alpha value is -0.820. The lowest BCUT2D eigenvalue weighted by Gasteiger charge is -2.12. The lowest BCUT2D eigenvalue weighted by molar-refractivity contribution is 0.00384. The summed E-state index contributed by atoms with van der Waals surface area (Å²) in [4.78, 5) is 4.15. The molecule has 0 saturated heterocycles. The van der Waals surface area contributed by atoms with E-state index in [-0.39, 0.29) is 12.0 Å². The second-order valence-corrected chi connectivity index (χ2v) is 5.21. The maximum absolute atomic E-state index is 12.0. The van der Waals surface area contributed by atoms with Gasteiger partial charge in [-0.3, -0.25) is 0 Å². The lowest BCUT2D eigenvalue weighted by Crippen LogP contribution is -2.26. The zero-order valence-electron chi connectivity index (χ0n) is 9.37. The van der Waals surface area contributed by atoms with Gasteiger partial charge in [0.2, 0.25) is 5.13 Å². The Labute approximate surface area is 96.9 Å². The first kappa shape index (κ1) is 13.2. The highest BCUT2D eigenvalue weighted by molar-refractivity contribution is 7.09. The molecule has 0 aliphatic heterocycles. The summed E-state index contributed by atoms with van der Waals surface area (Å²) < 4.78 is 28.1. The van der Waals surface area contributed by atoms with Gasteiger partial charge in [-0.25, -0.2) is 13.8 Å². The maximum atomic E-state index is 12.0. The van der Waals surface area contributed by atoms with Crippen LogP contribution in [-0.4, -0.2) is 33.5 Å². The van der Waals surface area contributed by atoms with E-state index in [0.717, 1.165) is 11.5 Å². The predicted octanol–water partition coefficient (Wildman–Crippen LogP) is 1.87. The van der Waals surface area contributed by atoms with Crippen molar-refractivity contribution in [3.63, 3.8) is 0 Å². The van der Waals surface area contributed by atoms with Crippen LogP contribution in [0.5, 0.6) is 0 Å². The third kappa shape index (κ3) is 3.64. The third-order valence-corrected chi connectivity index (χ3v) is 2.52. The molecule has 2 N–H and O–H groups in total. The van der Waals surface area contributed by atoms with E-state index in [1.807, 2.05) is 20.8 Å². The highest BCUT2D eigenvalue weighted by Crippen LogP contribution is 2.22. The van der Waals surface area contributed by atoms with E-state index in [4.69, 9.17) is 5.11 Å². The van der Waals surface area contributed by atoms with Crippen molar-refractivity contribution in [2.75, 3.05) is 11.9 Å². The summed E-state index contributed by atoms with van der Waals surface area (Å²) in [6.45, 7) is 5.67. The molecule has 16 heavy (non-hydrogen) atoms. The minimum Gasteiger partial charge on any atom is -0.385 e. The summed E-state index contributed by atoms with van der Waals surface area (Å²) >= 11 is 1.10. The Morgan fingerprint density at radius 3 is 2.50 bits per heavy atom. The van der Waals surface area contributed by atoms with Crippen LogP contribution in [0.1, 0.15) is 26.6 Å². The highest BCUT2D eigenvalue weighted by Gasteiger charge is 2.21. The summed E-state index contributed by atoms with van der Waals surface area (Å²) in [5.41, 5.74) is -0.169. The van der Waals surface area contributed by atoms with Crippen molar-refractivity contribution in [2.24, 2.45) is 0 Å². The largest absolute Gasteiger partial charge is 0.385 e. The van der Waals surface area contributed by atoms with Crippen molar-refractivity contribution >= 4 is 16.7 Å². The van der Waals surface area contributed by atoms with Crippen LogP contribution in [0.4, 0.5) is 13.9 Å². The first-order valence-electron chi connectivity index (χ1n) is 4.85. The van der Waals surface area contributed by atoms with Gasteiger partial charge in [-0.2, -0.15) is 4.37 Å². The second-order valence-electron chi connectivity index (χ2n) is 4.46. The van der Waals surface area contributed by atoms with Crippen LogP contribution in [0.3, 0.4) is 0 Å². The molecule has 1 aromatic rings. The van der Waals surface area contributed by atoms with Crippen LogP contribution >= 0.6 is 11.5 Å². The summed E-state index contributed by atoms with van der Waals surface area (Å²) in [6, 6.07) is 0. The number of nitrogens with one attached hydrogen (secondary N) is 1. The molecule has 1 unspecified atom stereocenters. The van der Waals surface area contributed by atoms with Gasteiger partial charge in [0.1, 0.15) is 11.9 Å². The predicted molar refractivity (Wildman–Crippen MR) is 59.1 cm³/mol. The number of alkyl halides is 2. The molecule has 0 amide bonds. The molecule has 0 radical (unpaired) electrons. The molecule has 92 valence electrons. The lowest BCUT2D eigenvalue weighted by atomic mass is 9.96. The standard InChI is InChI=1S/C9H15F2N3OS/c1-9(2,3)7-13-8(16-14-7)12-4-5(15)6(10)11/h5-6,15H,4H2,1-3H3,(H,12,13,14). The molecule has 0 fully saturated rings. The monoisotopic (exact) mass is 251 g/mol. The quantitative estimate of drug-likeness (QED) is 0.857. The van der Waals surface area contributed by atoms with Crippen molar-refractivity contribution in [1.82, 2.24) is 9.36 Å². The number of aromatic nitrogens is 2. The Morgan fingerprint density at radius 1 is 1.44 bits per heavy atom. The van der Waals surface area contributed by atoms with Crippen molar-refractivity contribution in [1.29, 1.82) is 0 Å². The topological polar surface area (TPSA) is 58.0 Å². The number of nitrogens with zero attached hydrogens (tertiary/aromatic N) is 2. The van der Waals surface area contributed by atoms with E-state index < -0.39 is 12.5 Å². The zero-order valence-corrected chi connectivity index (χ0v) is 10.2. The van der Waals surface area contributed by atoms with Crippen molar-refractivity contribution in [2.45, 2.75) is 38.7 Å². The number of aliphatic hydroxyl groups excluding tert-OH is 1. The maximum Gasteiger partial charge on any atom is 0.265 e. The summed E-state index contributed by atoms with van der Waals surface area (Å²) in [7, 11) is 0. The van der Waals surface area contributed by atoms with Gasteiger partial charge in [0.05, 0.1) is 0 Å². The Kier molecular flexibility index (Phi) is 4.15. The van der Waals surface area contributed by atoms with Crippen LogP contribution in [0.2, 0.25) is 0 Å². The number of aliphatic hydroxyl groups is 1. The van der Waals surface area contributed by atoms with Gasteiger partial charge < -0.3 is 10.4 Å². The average Bonchev–Trinajstić information content (AvgIpc) is 2.61. The van der Waals surface area contributed by atoms with Crippen LogP contribution in [0.15, 0.2) is 0 Å². The van der Waals surface area contributed by atoms with E-state index in [9.17, 15) is 8.78 Å². The molecule has 0 aromatic carbocycles. The summed E-state index contributed by atoms with van der Waals surface area (Å²) in [6.07, 6.45) is -4.43. The number of hydrogen-bond donors (Lipinski definition) is 2. The molecule has 7 heteroatoms. The third-order valence-electron chi connectivity index (χ3n) is 1.85. The van der Waals surface area contributed by atoms with E-state index >= 15 is 0 Å². The normalized spacial score (nSPS) is 14.2. The van der Waals surface area contributed by atoms with Crippen LogP contribution in [-0.2, 0) is 5.41 Å². The van der Waals surface area contributed by atoms with Crippen LogP contribution in [0.25, 0.3) is 0 Å². The number of hydrogen-bond acceptors (Lipinski definition) is 5. The van der Waals surface area contributed by atoms with Crippen molar-refractivity contribution in [3.8, 4) is 0 Å². The van der Waals surface area contributed by atoms with Crippen molar-refractivity contribution < 1.29 is 13.9 Å². The molecule has 4 nitrogen and oxygen atoms in total. The highest BCUT2D eigenvalue weighted by atomic mass is 32.1. The molecule has 1 aromatic heterocycles. The first-order valence-corrected chi connectivity index (χ1v) is 5.62. The number of halogens is 2. The molecule has 0 spiro atoms. The molecule has 0 aliphatic carbocycles. The van der Waals surface area contributed by atoms with Gasteiger partial charge in [-0.15, -0.1) is 0 Å². The Morgan fingerprint density at radius 2 is 2.06 bits per heavy atom. The SMILES string of the molecule is CC(C)(C)c1nsc(NCC(O)C(F)F)n1. The second kappa shape index (κ2) is 5.01. The average molecular weight is 251 g/mol. The van der Waals surface area contributed by atoms with Gasteiger partial charge in [-0.05, 0) is 0 Å². The van der Waals surface area contributed by atoms with Crippen LogP contribution in [0, 0.1) is 0 Å². The minimum atomic E-state index is -2.75. The first-order chi connectivity index (χ1) is 7.30. The summed E-state index contributed by atoms with van der Waals surface area (Å²) in [5.74, 6) is 0.659. The fraction of sp³-hybridized carbons (Fsp3) is 0.778. The fourth-order valence-electron chi connectivity index (χ4n) is 0.881. The minimum absolute atomic E-state index is 0.169. The van der Waals surface area contributed by atoms with E-state index in [1.54, 1.807) is 0 Å². The van der Waals surface area contributed by atoms with Gasteiger partial charge in [0.25, 0.3) is 6.43 Å². The zero-order chi connectivity index (χ0) is 12.3. The smallest absolute Gasteiger partial charge is 0.265 e. The van der Waals surface area contributed by atoms with Gasteiger partial charge in [0, 0.05) is 23.5 Å². The van der Waals surface area contributed by atoms with Gasteiger partial charge in [-0.1, -0.05) is 20.8 Å². The van der Waals surface area contributed by atoms with Crippen LogP contribution < -0.4 is 5.32 Å². The van der Waals surface area contributed by atoms with Gasteiger partial charge >= 0.3 is 0 Å².